The number of nitriles is 1. The van der Waals surface area contributed by atoms with E-state index in [1.165, 1.54) is 0 Å². The zero-order chi connectivity index (χ0) is 12.0. The van der Waals surface area contributed by atoms with Gasteiger partial charge in [0.25, 0.3) is 0 Å². The second kappa shape index (κ2) is 6.14. The molecule has 0 radical (unpaired) electrons. The van der Waals surface area contributed by atoms with E-state index in [0.717, 1.165) is 17.7 Å². The van der Waals surface area contributed by atoms with Gasteiger partial charge in [-0.05, 0) is 37.0 Å². The van der Waals surface area contributed by atoms with E-state index >= 15 is 0 Å². The molecule has 0 spiro atoms. The topological polar surface area (TPSA) is 59.0 Å². The fraction of sp³-hybridized carbons (Fsp3) is 0.462. The molecule has 0 saturated heterocycles. The maximum Gasteiger partial charge on any atom is 0.118 e. The lowest BCUT2D eigenvalue weighted by Crippen LogP contribution is -2.18. The van der Waals surface area contributed by atoms with Crippen molar-refractivity contribution in [3.63, 3.8) is 0 Å². The van der Waals surface area contributed by atoms with E-state index in [4.69, 9.17) is 15.7 Å². The van der Waals surface area contributed by atoms with Crippen LogP contribution in [0.25, 0.3) is 0 Å². The number of ether oxygens (including phenoxy) is 1. The Labute approximate surface area is 96.8 Å². The van der Waals surface area contributed by atoms with Crippen molar-refractivity contribution in [2.45, 2.75) is 31.7 Å². The van der Waals surface area contributed by atoms with Gasteiger partial charge in [-0.1, -0.05) is 12.1 Å². The lowest BCUT2D eigenvalue weighted by atomic mass is 9.90. The minimum Gasteiger partial charge on any atom is -0.497 e. The van der Waals surface area contributed by atoms with E-state index in [1.807, 2.05) is 31.2 Å². The summed E-state index contributed by atoms with van der Waals surface area (Å²) in [7, 11) is 1.64. The molecule has 3 heteroatoms. The van der Waals surface area contributed by atoms with Crippen LogP contribution in [0.4, 0.5) is 0 Å². The summed E-state index contributed by atoms with van der Waals surface area (Å²) in [5, 5.41) is 8.80. The molecule has 0 aliphatic carbocycles. The van der Waals surface area contributed by atoms with Gasteiger partial charge in [0.1, 0.15) is 5.75 Å². The van der Waals surface area contributed by atoms with Crippen molar-refractivity contribution in [2.75, 3.05) is 7.11 Å². The predicted octanol–water partition coefficient (Wildman–Crippen LogP) is 2.43. The maximum absolute atomic E-state index is 8.80. The smallest absolute Gasteiger partial charge is 0.118 e. The van der Waals surface area contributed by atoms with Gasteiger partial charge < -0.3 is 10.5 Å². The van der Waals surface area contributed by atoms with Crippen molar-refractivity contribution in [1.82, 2.24) is 0 Å². The highest BCUT2D eigenvalue weighted by molar-refractivity contribution is 5.29. The summed E-state index contributed by atoms with van der Waals surface area (Å²) in [6, 6.07) is 10.2. The highest BCUT2D eigenvalue weighted by atomic mass is 16.5. The van der Waals surface area contributed by atoms with Gasteiger partial charge in [-0.15, -0.1) is 0 Å². The molecule has 0 fully saturated rings. The average Bonchev–Trinajstić information content (AvgIpc) is 2.28. The van der Waals surface area contributed by atoms with Crippen LogP contribution in [-0.2, 0) is 0 Å². The first-order chi connectivity index (χ1) is 7.67. The Kier molecular flexibility index (Phi) is 4.81. The van der Waals surface area contributed by atoms with Crippen LogP contribution in [-0.4, -0.2) is 13.2 Å². The van der Waals surface area contributed by atoms with Gasteiger partial charge in [0.15, 0.2) is 0 Å². The molecule has 86 valence electrons. The maximum atomic E-state index is 8.80. The molecule has 1 aromatic rings. The van der Waals surface area contributed by atoms with Crippen LogP contribution >= 0.6 is 0 Å². The fourth-order valence-electron chi connectivity index (χ4n) is 1.77. The van der Waals surface area contributed by atoms with E-state index in [-0.39, 0.29) is 12.0 Å². The quantitative estimate of drug-likeness (QED) is 0.825. The van der Waals surface area contributed by atoms with Gasteiger partial charge >= 0.3 is 0 Å². The molecule has 16 heavy (non-hydrogen) atoms. The molecule has 2 N–H and O–H groups in total. The third kappa shape index (κ3) is 3.56. The van der Waals surface area contributed by atoms with E-state index in [2.05, 4.69) is 6.07 Å². The summed E-state index contributed by atoms with van der Waals surface area (Å²) in [5.41, 5.74) is 6.94. The SMILES string of the molecule is COc1ccc([C@H](CC#N)C[C@@H](C)N)cc1. The molecule has 0 amide bonds. The normalized spacial score (nSPS) is 13.9. The van der Waals surface area contributed by atoms with Gasteiger partial charge in [0.2, 0.25) is 0 Å². The fourth-order valence-corrected chi connectivity index (χ4v) is 1.77. The number of rotatable bonds is 5. The molecule has 0 aliphatic heterocycles. The summed E-state index contributed by atoms with van der Waals surface area (Å²) in [4.78, 5) is 0. The molecule has 0 aromatic heterocycles. The van der Waals surface area contributed by atoms with Crippen LogP contribution in [0.3, 0.4) is 0 Å². The number of methoxy groups -OCH3 is 1. The zero-order valence-electron chi connectivity index (χ0n) is 9.81. The molecular formula is C13H18N2O. The van der Waals surface area contributed by atoms with Crippen molar-refractivity contribution in [3.05, 3.63) is 29.8 Å². The van der Waals surface area contributed by atoms with Crippen LogP contribution in [0.5, 0.6) is 5.75 Å². The van der Waals surface area contributed by atoms with Crippen molar-refractivity contribution in [1.29, 1.82) is 5.26 Å². The lowest BCUT2D eigenvalue weighted by Gasteiger charge is -2.16. The average molecular weight is 218 g/mol. The summed E-state index contributed by atoms with van der Waals surface area (Å²) in [5.74, 6) is 1.05. The Bertz CT molecular complexity index is 351. The number of hydrogen-bond donors (Lipinski definition) is 1. The Morgan fingerprint density at radius 2 is 2.00 bits per heavy atom. The Hall–Kier alpha value is -1.53. The van der Waals surface area contributed by atoms with E-state index in [1.54, 1.807) is 7.11 Å². The third-order valence-corrected chi connectivity index (χ3v) is 2.58. The van der Waals surface area contributed by atoms with E-state index in [9.17, 15) is 0 Å². The lowest BCUT2D eigenvalue weighted by molar-refractivity contribution is 0.414. The van der Waals surface area contributed by atoms with Gasteiger partial charge in [-0.2, -0.15) is 5.26 Å². The molecule has 1 aromatic carbocycles. The predicted molar refractivity (Wildman–Crippen MR) is 64.2 cm³/mol. The van der Waals surface area contributed by atoms with Crippen molar-refractivity contribution >= 4 is 0 Å². The molecule has 0 bridgehead atoms. The van der Waals surface area contributed by atoms with Crippen molar-refractivity contribution in [2.24, 2.45) is 5.73 Å². The summed E-state index contributed by atoms with van der Waals surface area (Å²) >= 11 is 0. The van der Waals surface area contributed by atoms with Crippen LogP contribution < -0.4 is 10.5 Å². The number of nitrogens with two attached hydrogens (primary N) is 1. The highest BCUT2D eigenvalue weighted by Crippen LogP contribution is 2.25. The van der Waals surface area contributed by atoms with E-state index < -0.39 is 0 Å². The van der Waals surface area contributed by atoms with Crippen LogP contribution in [0, 0.1) is 11.3 Å². The van der Waals surface area contributed by atoms with Crippen molar-refractivity contribution < 1.29 is 4.74 Å². The first-order valence-corrected chi connectivity index (χ1v) is 5.44. The summed E-state index contributed by atoms with van der Waals surface area (Å²) < 4.78 is 5.10. The van der Waals surface area contributed by atoms with Gasteiger partial charge in [0, 0.05) is 12.5 Å². The van der Waals surface area contributed by atoms with E-state index in [0.29, 0.717) is 6.42 Å². The number of hydrogen-bond acceptors (Lipinski definition) is 3. The molecule has 0 heterocycles. The monoisotopic (exact) mass is 218 g/mol. The molecule has 3 nitrogen and oxygen atoms in total. The molecule has 1 rings (SSSR count). The second-order valence-corrected chi connectivity index (χ2v) is 4.05. The van der Waals surface area contributed by atoms with Crippen LogP contribution in [0.2, 0.25) is 0 Å². The first-order valence-electron chi connectivity index (χ1n) is 5.44. The Morgan fingerprint density at radius 3 is 2.44 bits per heavy atom. The number of benzene rings is 1. The molecule has 0 aliphatic rings. The standard InChI is InChI=1S/C13H18N2O/c1-10(15)9-12(7-8-14)11-3-5-13(16-2)6-4-11/h3-6,10,12H,7,9,15H2,1-2H3/t10-,12-/m1/s1. The first kappa shape index (κ1) is 12.5. The minimum absolute atomic E-state index is 0.112. The molecule has 0 unspecified atom stereocenters. The molecule has 0 saturated carbocycles. The summed E-state index contributed by atoms with van der Waals surface area (Å²) in [6.07, 6.45) is 1.34. The molecular weight excluding hydrogens is 200 g/mol. The molecule has 2 atom stereocenters. The van der Waals surface area contributed by atoms with Gasteiger partial charge in [-0.3, -0.25) is 0 Å². The van der Waals surface area contributed by atoms with Crippen LogP contribution in [0.1, 0.15) is 31.2 Å². The second-order valence-electron chi connectivity index (χ2n) is 4.05. The van der Waals surface area contributed by atoms with Gasteiger partial charge in [0.05, 0.1) is 13.2 Å². The van der Waals surface area contributed by atoms with Crippen molar-refractivity contribution in [3.8, 4) is 11.8 Å². The van der Waals surface area contributed by atoms with Gasteiger partial charge in [-0.25, -0.2) is 0 Å². The Balaban J connectivity index is 2.80. The Morgan fingerprint density at radius 1 is 1.38 bits per heavy atom. The highest BCUT2D eigenvalue weighted by Gasteiger charge is 2.13. The summed E-state index contributed by atoms with van der Waals surface area (Å²) in [6.45, 7) is 1.97. The zero-order valence-corrected chi connectivity index (χ0v) is 9.81. The number of nitrogens with zero attached hydrogens (tertiary/aromatic N) is 1. The minimum atomic E-state index is 0.112. The largest absolute Gasteiger partial charge is 0.497 e. The third-order valence-electron chi connectivity index (χ3n) is 2.58. The van der Waals surface area contributed by atoms with Crippen LogP contribution in [0.15, 0.2) is 24.3 Å².